The highest BCUT2D eigenvalue weighted by Crippen LogP contribution is 2.36. The molecule has 1 aliphatic carbocycles. The number of fused-ring (bicyclic) bond motifs is 1. The Hall–Kier alpha value is -1.26. The van der Waals surface area contributed by atoms with Crippen LogP contribution in [0.2, 0.25) is 0 Å². The molecule has 2 aliphatic heterocycles. The molecule has 114 valence electrons. The summed E-state index contributed by atoms with van der Waals surface area (Å²) < 4.78 is 11.1. The molecule has 0 aromatic heterocycles. The van der Waals surface area contributed by atoms with E-state index in [0.29, 0.717) is 12.1 Å². The highest BCUT2D eigenvalue weighted by molar-refractivity contribution is 5.43. The Morgan fingerprint density at radius 1 is 1.24 bits per heavy atom. The Morgan fingerprint density at radius 2 is 2.14 bits per heavy atom. The normalized spacial score (nSPS) is 29.0. The Kier molecular flexibility index (Phi) is 3.51. The molecule has 1 saturated heterocycles. The van der Waals surface area contributed by atoms with Crippen molar-refractivity contribution in [3.05, 3.63) is 23.8 Å². The van der Waals surface area contributed by atoms with E-state index in [1.807, 2.05) is 12.1 Å². The smallest absolute Gasteiger partial charge is 0.124 e. The molecule has 0 amide bonds. The van der Waals surface area contributed by atoms with Gasteiger partial charge in [-0.1, -0.05) is 0 Å². The van der Waals surface area contributed by atoms with Crippen molar-refractivity contribution >= 4 is 0 Å². The summed E-state index contributed by atoms with van der Waals surface area (Å²) in [5, 5.41) is 3.86. The molecule has 0 spiro atoms. The zero-order valence-corrected chi connectivity index (χ0v) is 12.7. The van der Waals surface area contributed by atoms with Crippen LogP contribution >= 0.6 is 0 Å². The monoisotopic (exact) mass is 288 g/mol. The van der Waals surface area contributed by atoms with Crippen LogP contribution in [0.1, 0.15) is 37.3 Å². The van der Waals surface area contributed by atoms with Gasteiger partial charge in [0.05, 0.1) is 13.7 Å². The van der Waals surface area contributed by atoms with Crippen LogP contribution in [0.5, 0.6) is 11.5 Å². The van der Waals surface area contributed by atoms with Gasteiger partial charge in [-0.3, -0.25) is 4.90 Å². The van der Waals surface area contributed by atoms with Crippen molar-refractivity contribution in [2.24, 2.45) is 0 Å². The summed E-state index contributed by atoms with van der Waals surface area (Å²) in [6, 6.07) is 8.04. The maximum atomic E-state index is 5.78. The summed E-state index contributed by atoms with van der Waals surface area (Å²) in [6.07, 6.45) is 5.13. The maximum Gasteiger partial charge on any atom is 0.124 e. The standard InChI is InChI=1S/C17H24N2O2/c1-20-14-4-5-17-15(10-14)16(7-9-21-17)18-12-6-8-19(11-12)13-2-3-13/h4-5,10,12-13,16,18H,2-3,6-9,11H2,1H3. The van der Waals surface area contributed by atoms with Gasteiger partial charge in [-0.25, -0.2) is 0 Å². The molecular formula is C17H24N2O2. The first-order valence-electron chi connectivity index (χ1n) is 8.14. The number of benzene rings is 1. The van der Waals surface area contributed by atoms with Gasteiger partial charge in [0.2, 0.25) is 0 Å². The molecule has 0 radical (unpaired) electrons. The van der Waals surface area contributed by atoms with E-state index >= 15 is 0 Å². The minimum atomic E-state index is 0.396. The fourth-order valence-corrected chi connectivity index (χ4v) is 3.65. The van der Waals surface area contributed by atoms with E-state index in [9.17, 15) is 0 Å². The molecule has 1 saturated carbocycles. The summed E-state index contributed by atoms with van der Waals surface area (Å²) in [5.74, 6) is 1.92. The lowest BCUT2D eigenvalue weighted by Crippen LogP contribution is -2.37. The number of hydrogen-bond acceptors (Lipinski definition) is 4. The van der Waals surface area contributed by atoms with E-state index in [4.69, 9.17) is 9.47 Å². The molecule has 3 aliphatic rings. The van der Waals surface area contributed by atoms with Crippen molar-refractivity contribution in [1.82, 2.24) is 10.2 Å². The van der Waals surface area contributed by atoms with Crippen molar-refractivity contribution in [3.63, 3.8) is 0 Å². The lowest BCUT2D eigenvalue weighted by atomic mass is 9.99. The van der Waals surface area contributed by atoms with Crippen molar-refractivity contribution < 1.29 is 9.47 Å². The quantitative estimate of drug-likeness (QED) is 0.922. The van der Waals surface area contributed by atoms with Gasteiger partial charge in [0.1, 0.15) is 11.5 Å². The minimum absolute atomic E-state index is 0.396. The van der Waals surface area contributed by atoms with E-state index in [1.165, 1.54) is 37.9 Å². The molecule has 1 N–H and O–H groups in total. The first kappa shape index (κ1) is 13.4. The maximum absolute atomic E-state index is 5.78. The van der Waals surface area contributed by atoms with E-state index < -0.39 is 0 Å². The molecule has 4 nitrogen and oxygen atoms in total. The first-order chi connectivity index (χ1) is 10.3. The molecule has 2 heterocycles. The van der Waals surface area contributed by atoms with Crippen molar-refractivity contribution in [1.29, 1.82) is 0 Å². The summed E-state index contributed by atoms with van der Waals surface area (Å²) in [7, 11) is 1.72. The second-order valence-electron chi connectivity index (χ2n) is 6.47. The van der Waals surface area contributed by atoms with E-state index in [1.54, 1.807) is 7.11 Å². The van der Waals surface area contributed by atoms with E-state index in [2.05, 4.69) is 16.3 Å². The molecule has 1 aromatic rings. The number of ether oxygens (including phenoxy) is 2. The summed E-state index contributed by atoms with van der Waals surface area (Å²) in [6.45, 7) is 3.27. The summed E-state index contributed by atoms with van der Waals surface area (Å²) in [4.78, 5) is 2.66. The third-order valence-corrected chi connectivity index (χ3v) is 4.98. The average molecular weight is 288 g/mol. The minimum Gasteiger partial charge on any atom is -0.497 e. The molecule has 21 heavy (non-hydrogen) atoms. The number of nitrogens with zero attached hydrogens (tertiary/aromatic N) is 1. The van der Waals surface area contributed by atoms with Crippen LogP contribution in [-0.4, -0.2) is 43.8 Å². The zero-order valence-electron chi connectivity index (χ0n) is 12.7. The molecule has 4 heteroatoms. The zero-order chi connectivity index (χ0) is 14.2. The predicted molar refractivity (Wildman–Crippen MR) is 82.0 cm³/mol. The van der Waals surface area contributed by atoms with Gasteiger partial charge in [-0.2, -0.15) is 0 Å². The number of rotatable bonds is 4. The number of hydrogen-bond donors (Lipinski definition) is 1. The highest BCUT2D eigenvalue weighted by Gasteiger charge is 2.35. The third-order valence-electron chi connectivity index (χ3n) is 4.98. The van der Waals surface area contributed by atoms with Crippen LogP contribution in [0.3, 0.4) is 0 Å². The third kappa shape index (κ3) is 2.74. The van der Waals surface area contributed by atoms with Crippen LogP contribution < -0.4 is 14.8 Å². The highest BCUT2D eigenvalue weighted by atomic mass is 16.5. The Morgan fingerprint density at radius 3 is 2.95 bits per heavy atom. The van der Waals surface area contributed by atoms with Crippen molar-refractivity contribution in [2.75, 3.05) is 26.8 Å². The summed E-state index contributed by atoms with van der Waals surface area (Å²) in [5.41, 5.74) is 1.26. The molecule has 2 unspecified atom stereocenters. The molecule has 0 bridgehead atoms. The molecule has 2 atom stereocenters. The first-order valence-corrected chi connectivity index (χ1v) is 8.14. The number of methoxy groups -OCH3 is 1. The molecule has 1 aromatic carbocycles. The van der Waals surface area contributed by atoms with Gasteiger partial charge in [0, 0.05) is 43.2 Å². The fraction of sp³-hybridized carbons (Fsp3) is 0.647. The topological polar surface area (TPSA) is 33.7 Å². The summed E-state index contributed by atoms with van der Waals surface area (Å²) >= 11 is 0. The van der Waals surface area contributed by atoms with Crippen molar-refractivity contribution in [2.45, 2.75) is 43.8 Å². The molecular weight excluding hydrogens is 264 g/mol. The second kappa shape index (κ2) is 5.50. The fourth-order valence-electron chi connectivity index (χ4n) is 3.65. The van der Waals surface area contributed by atoms with Gasteiger partial charge in [-0.15, -0.1) is 0 Å². The van der Waals surface area contributed by atoms with Gasteiger partial charge >= 0.3 is 0 Å². The predicted octanol–water partition coefficient (Wildman–Crippen LogP) is 2.35. The lowest BCUT2D eigenvalue weighted by Gasteiger charge is -2.29. The van der Waals surface area contributed by atoms with E-state index in [0.717, 1.165) is 30.6 Å². The van der Waals surface area contributed by atoms with Crippen LogP contribution in [0.4, 0.5) is 0 Å². The van der Waals surface area contributed by atoms with E-state index in [-0.39, 0.29) is 0 Å². The van der Waals surface area contributed by atoms with Gasteiger partial charge in [0.15, 0.2) is 0 Å². The SMILES string of the molecule is COc1ccc2c(c1)C(NC1CCN(C3CC3)C1)CCO2. The van der Waals surface area contributed by atoms with Gasteiger partial charge in [0.25, 0.3) is 0 Å². The average Bonchev–Trinajstić information content (AvgIpc) is 3.27. The Balaban J connectivity index is 1.46. The molecule has 2 fully saturated rings. The van der Waals surface area contributed by atoms with Crippen LogP contribution in [0, 0.1) is 0 Å². The number of nitrogens with one attached hydrogen (secondary N) is 1. The second-order valence-corrected chi connectivity index (χ2v) is 6.47. The Labute approximate surface area is 126 Å². The Bertz CT molecular complexity index is 516. The largest absolute Gasteiger partial charge is 0.497 e. The van der Waals surface area contributed by atoms with Crippen LogP contribution in [0.15, 0.2) is 18.2 Å². The van der Waals surface area contributed by atoms with Gasteiger partial charge < -0.3 is 14.8 Å². The number of likely N-dealkylation sites (tertiary alicyclic amines) is 1. The van der Waals surface area contributed by atoms with Crippen molar-refractivity contribution in [3.8, 4) is 11.5 Å². The van der Waals surface area contributed by atoms with Gasteiger partial charge in [-0.05, 0) is 37.5 Å². The molecule has 4 rings (SSSR count). The lowest BCUT2D eigenvalue weighted by molar-refractivity contribution is 0.240. The van der Waals surface area contributed by atoms with Crippen LogP contribution in [0.25, 0.3) is 0 Å². The van der Waals surface area contributed by atoms with Crippen LogP contribution in [-0.2, 0) is 0 Å².